The van der Waals surface area contributed by atoms with Crippen molar-refractivity contribution in [3.8, 4) is 11.4 Å². The lowest BCUT2D eigenvalue weighted by Gasteiger charge is -2.18. The van der Waals surface area contributed by atoms with Gasteiger partial charge in [-0.15, -0.1) is 0 Å². The van der Waals surface area contributed by atoms with Crippen molar-refractivity contribution in [2.24, 2.45) is 0 Å². The Morgan fingerprint density at radius 3 is 2.81 bits per heavy atom. The average Bonchev–Trinajstić information content (AvgIpc) is 3.27. The standard InChI is InChI=1S/C21H18Cl2N6O2/c1-12-7-17(29-11-24-10-26-29)14-5-4-6-18(20(14)27-12)31-9-15-16(22)8-25-21(19(15)23)28(3)13(2)30/h4-8,10-11H,9H2,1-3H3. The van der Waals surface area contributed by atoms with Crippen LogP contribution in [-0.4, -0.2) is 37.7 Å². The normalized spacial score (nSPS) is 11.0. The van der Waals surface area contributed by atoms with Crippen molar-refractivity contribution in [2.75, 3.05) is 11.9 Å². The fourth-order valence-electron chi connectivity index (χ4n) is 3.12. The molecule has 3 heterocycles. The first kappa shape index (κ1) is 21.0. The topological polar surface area (TPSA) is 86.0 Å². The van der Waals surface area contributed by atoms with Gasteiger partial charge in [-0.3, -0.25) is 9.69 Å². The van der Waals surface area contributed by atoms with E-state index in [2.05, 4.69) is 20.1 Å². The van der Waals surface area contributed by atoms with E-state index in [1.807, 2.05) is 31.2 Å². The van der Waals surface area contributed by atoms with Gasteiger partial charge in [0, 0.05) is 36.8 Å². The number of halogens is 2. The van der Waals surface area contributed by atoms with Gasteiger partial charge in [0.1, 0.15) is 30.5 Å². The molecular formula is C21H18Cl2N6O2. The highest BCUT2D eigenvalue weighted by Crippen LogP contribution is 2.34. The molecule has 0 aliphatic heterocycles. The van der Waals surface area contributed by atoms with Gasteiger partial charge in [-0.25, -0.2) is 19.6 Å². The summed E-state index contributed by atoms with van der Waals surface area (Å²) in [5, 5.41) is 5.69. The van der Waals surface area contributed by atoms with E-state index in [0.717, 1.165) is 16.8 Å². The first-order valence-corrected chi connectivity index (χ1v) is 10.1. The third-order valence-electron chi connectivity index (χ3n) is 4.79. The summed E-state index contributed by atoms with van der Waals surface area (Å²) in [6.45, 7) is 3.41. The third-order valence-corrected chi connectivity index (χ3v) is 5.51. The van der Waals surface area contributed by atoms with Gasteiger partial charge in [0.2, 0.25) is 5.91 Å². The summed E-state index contributed by atoms with van der Waals surface area (Å²) in [7, 11) is 1.60. The van der Waals surface area contributed by atoms with Crippen molar-refractivity contribution in [3.05, 3.63) is 64.4 Å². The fraction of sp³-hybridized carbons (Fsp3) is 0.190. The summed E-state index contributed by atoms with van der Waals surface area (Å²) in [6.07, 6.45) is 4.56. The minimum atomic E-state index is -0.196. The Morgan fingerprint density at radius 1 is 1.29 bits per heavy atom. The third kappa shape index (κ3) is 4.04. The minimum Gasteiger partial charge on any atom is -0.487 e. The lowest BCUT2D eigenvalue weighted by atomic mass is 10.1. The quantitative estimate of drug-likeness (QED) is 0.442. The number of amides is 1. The van der Waals surface area contributed by atoms with Gasteiger partial charge < -0.3 is 4.74 Å². The van der Waals surface area contributed by atoms with E-state index in [1.165, 1.54) is 24.3 Å². The van der Waals surface area contributed by atoms with Gasteiger partial charge in [-0.2, -0.15) is 5.10 Å². The first-order valence-electron chi connectivity index (χ1n) is 9.32. The molecule has 0 radical (unpaired) electrons. The Balaban J connectivity index is 1.73. The highest BCUT2D eigenvalue weighted by Gasteiger charge is 2.19. The zero-order valence-electron chi connectivity index (χ0n) is 17.0. The van der Waals surface area contributed by atoms with Crippen LogP contribution in [0.5, 0.6) is 5.75 Å². The van der Waals surface area contributed by atoms with Crippen LogP contribution in [0.15, 0.2) is 43.1 Å². The van der Waals surface area contributed by atoms with Gasteiger partial charge in [-0.1, -0.05) is 35.3 Å². The summed E-state index contributed by atoms with van der Waals surface area (Å²) < 4.78 is 7.76. The van der Waals surface area contributed by atoms with Gasteiger partial charge in [0.15, 0.2) is 5.82 Å². The van der Waals surface area contributed by atoms with Crippen molar-refractivity contribution < 1.29 is 9.53 Å². The number of nitrogens with zero attached hydrogens (tertiary/aromatic N) is 6. The van der Waals surface area contributed by atoms with E-state index in [0.29, 0.717) is 27.7 Å². The number of pyridine rings is 2. The van der Waals surface area contributed by atoms with Gasteiger partial charge in [0.05, 0.1) is 15.7 Å². The predicted molar refractivity (Wildman–Crippen MR) is 119 cm³/mol. The van der Waals surface area contributed by atoms with E-state index in [4.69, 9.17) is 27.9 Å². The van der Waals surface area contributed by atoms with Crippen LogP contribution >= 0.6 is 23.2 Å². The number of anilines is 1. The molecule has 0 saturated carbocycles. The molecule has 0 saturated heterocycles. The number of para-hydroxylation sites is 1. The second-order valence-corrected chi connectivity index (χ2v) is 7.65. The van der Waals surface area contributed by atoms with E-state index < -0.39 is 0 Å². The smallest absolute Gasteiger partial charge is 0.224 e. The molecule has 0 aliphatic carbocycles. The molecule has 0 bridgehead atoms. The van der Waals surface area contributed by atoms with Crippen molar-refractivity contribution in [2.45, 2.75) is 20.5 Å². The molecule has 0 fully saturated rings. The fourth-order valence-corrected chi connectivity index (χ4v) is 3.70. The van der Waals surface area contributed by atoms with Crippen LogP contribution < -0.4 is 9.64 Å². The number of carbonyl (C=O) groups is 1. The molecule has 0 spiro atoms. The second-order valence-electron chi connectivity index (χ2n) is 6.86. The van der Waals surface area contributed by atoms with Crippen molar-refractivity contribution in [3.63, 3.8) is 0 Å². The number of ether oxygens (including phenoxy) is 1. The molecular weight excluding hydrogens is 439 g/mol. The number of carbonyl (C=O) groups excluding carboxylic acids is 1. The summed E-state index contributed by atoms with van der Waals surface area (Å²) in [5.74, 6) is 0.684. The maximum atomic E-state index is 11.7. The Hall–Kier alpha value is -3.23. The maximum absolute atomic E-state index is 11.7. The summed E-state index contributed by atoms with van der Waals surface area (Å²) in [5.41, 5.74) is 2.85. The van der Waals surface area contributed by atoms with Crippen LogP contribution in [-0.2, 0) is 11.4 Å². The number of aromatic nitrogens is 5. The SMILES string of the molecule is CC(=O)N(C)c1ncc(Cl)c(COc2cccc3c(-n4cncn4)cc(C)nc23)c1Cl. The average molecular weight is 457 g/mol. The molecule has 158 valence electrons. The number of hydrogen-bond donors (Lipinski definition) is 0. The molecule has 0 atom stereocenters. The van der Waals surface area contributed by atoms with Crippen LogP contribution in [0.3, 0.4) is 0 Å². The summed E-state index contributed by atoms with van der Waals surface area (Å²) in [4.78, 5) is 25.9. The first-order chi connectivity index (χ1) is 14.9. The van der Waals surface area contributed by atoms with Gasteiger partial charge in [-0.05, 0) is 19.1 Å². The van der Waals surface area contributed by atoms with E-state index in [9.17, 15) is 4.79 Å². The molecule has 4 rings (SSSR count). The number of hydrogen-bond acceptors (Lipinski definition) is 6. The Bertz CT molecular complexity index is 1280. The zero-order chi connectivity index (χ0) is 22.1. The highest BCUT2D eigenvalue weighted by atomic mass is 35.5. The molecule has 3 aromatic heterocycles. The summed E-state index contributed by atoms with van der Waals surface area (Å²) in [6, 6.07) is 7.57. The van der Waals surface area contributed by atoms with Crippen LogP contribution in [0.25, 0.3) is 16.6 Å². The van der Waals surface area contributed by atoms with Crippen molar-refractivity contribution in [1.29, 1.82) is 0 Å². The number of aryl methyl sites for hydroxylation is 1. The predicted octanol–water partition coefficient (Wildman–Crippen LogP) is 4.39. The van der Waals surface area contributed by atoms with Crippen molar-refractivity contribution in [1.82, 2.24) is 24.7 Å². The number of fused-ring (bicyclic) bond motifs is 1. The molecule has 31 heavy (non-hydrogen) atoms. The molecule has 0 aliphatic rings. The number of rotatable bonds is 5. The molecule has 0 unspecified atom stereocenters. The van der Waals surface area contributed by atoms with E-state index in [1.54, 1.807) is 18.1 Å². The van der Waals surface area contributed by atoms with Crippen LogP contribution in [0, 0.1) is 6.92 Å². The lowest BCUT2D eigenvalue weighted by molar-refractivity contribution is -0.116. The van der Waals surface area contributed by atoms with Gasteiger partial charge >= 0.3 is 0 Å². The summed E-state index contributed by atoms with van der Waals surface area (Å²) >= 11 is 12.8. The second kappa shape index (κ2) is 8.49. The molecule has 4 aromatic rings. The monoisotopic (exact) mass is 456 g/mol. The van der Waals surface area contributed by atoms with Crippen LogP contribution in [0.2, 0.25) is 10.0 Å². The van der Waals surface area contributed by atoms with Crippen LogP contribution in [0.4, 0.5) is 5.82 Å². The van der Waals surface area contributed by atoms with Gasteiger partial charge in [0.25, 0.3) is 0 Å². The maximum Gasteiger partial charge on any atom is 0.224 e. The molecule has 1 aromatic carbocycles. The van der Waals surface area contributed by atoms with E-state index in [-0.39, 0.29) is 17.5 Å². The minimum absolute atomic E-state index is 0.0757. The Kier molecular flexibility index (Phi) is 5.75. The molecule has 8 nitrogen and oxygen atoms in total. The highest BCUT2D eigenvalue weighted by molar-refractivity contribution is 6.37. The van der Waals surface area contributed by atoms with E-state index >= 15 is 0 Å². The molecule has 10 heteroatoms. The largest absolute Gasteiger partial charge is 0.487 e. The Labute approximate surface area is 188 Å². The van der Waals surface area contributed by atoms with Crippen LogP contribution in [0.1, 0.15) is 18.2 Å². The lowest BCUT2D eigenvalue weighted by Crippen LogP contribution is -2.24. The molecule has 0 N–H and O–H groups in total. The Morgan fingerprint density at radius 2 is 2.10 bits per heavy atom. The molecule has 1 amide bonds. The zero-order valence-corrected chi connectivity index (χ0v) is 18.5. The van der Waals surface area contributed by atoms with Crippen molar-refractivity contribution >= 4 is 45.8 Å². The number of benzene rings is 1.